The van der Waals surface area contributed by atoms with Crippen molar-refractivity contribution in [3.8, 4) is 11.5 Å². The first-order valence-electron chi connectivity index (χ1n) is 9.41. The first-order chi connectivity index (χ1) is 15.1. The van der Waals surface area contributed by atoms with Crippen LogP contribution < -0.4 is 19.7 Å². The lowest BCUT2D eigenvalue weighted by Gasteiger charge is -2.09. The molecule has 0 aliphatic heterocycles. The van der Waals surface area contributed by atoms with E-state index in [0.717, 1.165) is 16.5 Å². The summed E-state index contributed by atoms with van der Waals surface area (Å²) in [5, 5.41) is 0.335. The molecule has 4 rings (SSSR count). The van der Waals surface area contributed by atoms with Gasteiger partial charge >= 0.3 is 0 Å². The highest BCUT2D eigenvalue weighted by atomic mass is 32.1. The maximum atomic E-state index is 12.9. The van der Waals surface area contributed by atoms with Crippen molar-refractivity contribution in [3.63, 3.8) is 0 Å². The number of aromatic nitrogens is 1. The predicted molar refractivity (Wildman–Crippen MR) is 117 cm³/mol. The third-order valence-corrected chi connectivity index (χ3v) is 5.86. The highest BCUT2D eigenvalue weighted by Crippen LogP contribution is 2.33. The molecule has 2 aromatic heterocycles. The van der Waals surface area contributed by atoms with Gasteiger partial charge in [0.25, 0.3) is 5.91 Å². The third-order valence-electron chi connectivity index (χ3n) is 4.81. The number of nitrogens with zero attached hydrogens (tertiary/aromatic N) is 2. The van der Waals surface area contributed by atoms with Crippen LogP contribution in [0.15, 0.2) is 56.9 Å². The maximum Gasteiger partial charge on any atom is 0.286 e. The molecule has 2 heterocycles. The van der Waals surface area contributed by atoms with E-state index in [0.29, 0.717) is 40.4 Å². The Kier molecular flexibility index (Phi) is 5.88. The maximum absolute atomic E-state index is 12.9. The lowest BCUT2D eigenvalue weighted by atomic mass is 10.2. The number of thiazole rings is 1. The zero-order valence-corrected chi connectivity index (χ0v) is 18.0. The van der Waals surface area contributed by atoms with Gasteiger partial charge in [-0.1, -0.05) is 23.5 Å². The normalized spacial score (nSPS) is 11.9. The average Bonchev–Trinajstić information content (AvgIpc) is 3.12. The topological polar surface area (TPSA) is 92.3 Å². The van der Waals surface area contributed by atoms with E-state index in [2.05, 4.69) is 4.99 Å². The van der Waals surface area contributed by atoms with Crippen LogP contribution in [0.2, 0.25) is 0 Å². The summed E-state index contributed by atoms with van der Waals surface area (Å²) in [6, 6.07) is 10.4. The van der Waals surface area contributed by atoms with Crippen molar-refractivity contribution in [1.29, 1.82) is 0 Å². The Bertz CT molecular complexity index is 1400. The van der Waals surface area contributed by atoms with E-state index < -0.39 is 11.3 Å². The van der Waals surface area contributed by atoms with E-state index in [1.165, 1.54) is 11.3 Å². The van der Waals surface area contributed by atoms with Crippen LogP contribution in [0.4, 0.5) is 0 Å². The van der Waals surface area contributed by atoms with E-state index >= 15 is 0 Å². The molecule has 31 heavy (non-hydrogen) atoms. The number of benzene rings is 2. The standard InChI is InChI=1S/C22H20N2O6S/c1-27-9-8-24-15-10-17(28-2)18(29-3)11-19(15)31-22(24)23-21(26)14-12-30-16-7-5-4-6-13(16)20(14)25/h4-7,10-12H,8-9H2,1-3H3. The van der Waals surface area contributed by atoms with Crippen LogP contribution in [-0.2, 0) is 11.3 Å². The van der Waals surface area contributed by atoms with Gasteiger partial charge in [-0.15, -0.1) is 0 Å². The highest BCUT2D eigenvalue weighted by Gasteiger charge is 2.16. The van der Waals surface area contributed by atoms with Gasteiger partial charge < -0.3 is 23.2 Å². The van der Waals surface area contributed by atoms with Crippen molar-refractivity contribution in [2.45, 2.75) is 6.54 Å². The fourth-order valence-corrected chi connectivity index (χ4v) is 4.32. The van der Waals surface area contributed by atoms with Crippen LogP contribution in [0.1, 0.15) is 10.4 Å². The molecule has 0 saturated carbocycles. The van der Waals surface area contributed by atoms with Crippen LogP contribution in [0.3, 0.4) is 0 Å². The molecular weight excluding hydrogens is 420 g/mol. The van der Waals surface area contributed by atoms with Crippen LogP contribution in [0.25, 0.3) is 21.2 Å². The number of para-hydroxylation sites is 1. The summed E-state index contributed by atoms with van der Waals surface area (Å²) in [6.07, 6.45) is 1.16. The number of methoxy groups -OCH3 is 3. The van der Waals surface area contributed by atoms with Crippen molar-refractivity contribution in [1.82, 2.24) is 4.57 Å². The summed E-state index contributed by atoms with van der Waals surface area (Å²) < 4.78 is 24.2. The van der Waals surface area contributed by atoms with Gasteiger partial charge in [0, 0.05) is 25.8 Å². The van der Waals surface area contributed by atoms with Crippen molar-refractivity contribution >= 4 is 38.4 Å². The lowest BCUT2D eigenvalue weighted by molar-refractivity contribution is 0.0994. The number of rotatable bonds is 6. The number of carbonyl (C=O) groups is 1. The Morgan fingerprint density at radius 3 is 2.61 bits per heavy atom. The van der Waals surface area contributed by atoms with Crippen molar-refractivity contribution in [3.05, 3.63) is 63.2 Å². The fraction of sp³-hybridized carbons (Fsp3) is 0.227. The van der Waals surface area contributed by atoms with E-state index in [1.807, 2.05) is 16.7 Å². The number of hydrogen-bond donors (Lipinski definition) is 0. The van der Waals surface area contributed by atoms with E-state index in [-0.39, 0.29) is 5.56 Å². The number of carbonyl (C=O) groups excluding carboxylic acids is 1. The second-order valence-electron chi connectivity index (χ2n) is 6.60. The summed E-state index contributed by atoms with van der Waals surface area (Å²) in [6.45, 7) is 0.879. The molecule has 0 unspecified atom stereocenters. The number of ether oxygens (including phenoxy) is 3. The minimum Gasteiger partial charge on any atom is -0.493 e. The first kappa shape index (κ1) is 20.8. The quantitative estimate of drug-likeness (QED) is 0.457. The number of fused-ring (bicyclic) bond motifs is 2. The zero-order valence-electron chi connectivity index (χ0n) is 17.2. The Balaban J connectivity index is 1.88. The molecule has 0 aliphatic rings. The minimum atomic E-state index is -0.670. The van der Waals surface area contributed by atoms with Crippen LogP contribution in [0, 0.1) is 0 Å². The molecule has 0 bridgehead atoms. The summed E-state index contributed by atoms with van der Waals surface area (Å²) in [7, 11) is 4.72. The van der Waals surface area contributed by atoms with Crippen LogP contribution in [0.5, 0.6) is 11.5 Å². The van der Waals surface area contributed by atoms with Crippen LogP contribution in [-0.4, -0.2) is 38.4 Å². The van der Waals surface area contributed by atoms with Crippen molar-refractivity contribution in [2.75, 3.05) is 27.9 Å². The van der Waals surface area contributed by atoms with E-state index in [1.54, 1.807) is 45.6 Å². The van der Waals surface area contributed by atoms with Gasteiger partial charge in [0.15, 0.2) is 16.3 Å². The van der Waals surface area contributed by atoms with E-state index in [9.17, 15) is 9.59 Å². The van der Waals surface area contributed by atoms with Gasteiger partial charge in [0.1, 0.15) is 17.4 Å². The third kappa shape index (κ3) is 3.85. The lowest BCUT2D eigenvalue weighted by Crippen LogP contribution is -2.21. The molecule has 0 spiro atoms. The molecule has 0 aliphatic carbocycles. The van der Waals surface area contributed by atoms with Crippen LogP contribution >= 0.6 is 11.3 Å². The van der Waals surface area contributed by atoms with Crippen molar-refractivity contribution < 1.29 is 23.4 Å². The minimum absolute atomic E-state index is 0.121. The van der Waals surface area contributed by atoms with E-state index in [4.69, 9.17) is 18.6 Å². The molecular formula is C22H20N2O6S. The zero-order chi connectivity index (χ0) is 22.0. The summed E-state index contributed by atoms with van der Waals surface area (Å²) >= 11 is 1.31. The second-order valence-corrected chi connectivity index (χ2v) is 7.60. The molecule has 0 saturated heterocycles. The summed E-state index contributed by atoms with van der Waals surface area (Å²) in [5.41, 5.74) is 0.699. The smallest absolute Gasteiger partial charge is 0.286 e. The Hall–Kier alpha value is -3.43. The number of amides is 1. The molecule has 4 aromatic rings. The van der Waals surface area contributed by atoms with Gasteiger partial charge in [-0.25, -0.2) is 0 Å². The molecule has 0 atom stereocenters. The largest absolute Gasteiger partial charge is 0.493 e. The first-order valence-corrected chi connectivity index (χ1v) is 10.2. The molecule has 1 amide bonds. The molecule has 2 aromatic carbocycles. The fourth-order valence-electron chi connectivity index (χ4n) is 3.25. The Morgan fingerprint density at radius 2 is 1.87 bits per heavy atom. The molecule has 0 radical (unpaired) electrons. The van der Waals surface area contributed by atoms with Crippen molar-refractivity contribution in [2.24, 2.45) is 4.99 Å². The molecule has 160 valence electrons. The van der Waals surface area contributed by atoms with Gasteiger partial charge in [-0.05, 0) is 12.1 Å². The monoisotopic (exact) mass is 440 g/mol. The van der Waals surface area contributed by atoms with Gasteiger partial charge in [-0.2, -0.15) is 4.99 Å². The second kappa shape index (κ2) is 8.75. The Morgan fingerprint density at radius 1 is 1.13 bits per heavy atom. The molecule has 8 nitrogen and oxygen atoms in total. The molecule has 0 N–H and O–H groups in total. The predicted octanol–water partition coefficient (Wildman–Crippen LogP) is 3.21. The summed E-state index contributed by atoms with van der Waals surface area (Å²) in [4.78, 5) is 30.3. The van der Waals surface area contributed by atoms with Gasteiger partial charge in [0.05, 0.1) is 36.4 Å². The SMILES string of the molecule is COCCn1c(=NC(=O)c2coc3ccccc3c2=O)sc2cc(OC)c(OC)cc21. The van der Waals surface area contributed by atoms with Gasteiger partial charge in [-0.3, -0.25) is 9.59 Å². The molecule has 9 heteroatoms. The Labute approximate surface area is 180 Å². The average molecular weight is 440 g/mol. The summed E-state index contributed by atoms with van der Waals surface area (Å²) in [5.74, 6) is 0.464. The highest BCUT2D eigenvalue weighted by molar-refractivity contribution is 7.16. The van der Waals surface area contributed by atoms with Gasteiger partial charge in [0.2, 0.25) is 5.43 Å². The number of hydrogen-bond acceptors (Lipinski definition) is 7. The molecule has 0 fully saturated rings.